The molecule has 0 radical (unpaired) electrons. The average Bonchev–Trinajstić information content (AvgIpc) is 3.15. The smallest absolute Gasteiger partial charge is 0.256 e. The minimum atomic E-state index is -0.312. The summed E-state index contributed by atoms with van der Waals surface area (Å²) in [7, 11) is 0. The highest BCUT2D eigenvalue weighted by Crippen LogP contribution is 2.33. The summed E-state index contributed by atoms with van der Waals surface area (Å²) < 4.78 is 19.3. The summed E-state index contributed by atoms with van der Waals surface area (Å²) in [5.74, 6) is -0.0383. The molecular weight excluding hydrogens is 388 g/mol. The lowest BCUT2D eigenvalue weighted by Gasteiger charge is -2.43. The van der Waals surface area contributed by atoms with Gasteiger partial charge in [-0.2, -0.15) is 0 Å². The molecule has 10 heteroatoms. The predicted molar refractivity (Wildman–Crippen MR) is 105 cm³/mol. The van der Waals surface area contributed by atoms with Crippen molar-refractivity contribution in [3.05, 3.63) is 35.7 Å². The summed E-state index contributed by atoms with van der Waals surface area (Å²) in [5, 5.41) is 8.59. The Morgan fingerprint density at radius 3 is 2.73 bits per heavy atom. The van der Waals surface area contributed by atoms with Crippen LogP contribution in [-0.2, 0) is 34.0 Å². The predicted octanol–water partition coefficient (Wildman–Crippen LogP) is 1.21. The number of hydrogen-bond acceptors (Lipinski definition) is 8. The number of ether oxygens (including phenoxy) is 3. The summed E-state index contributed by atoms with van der Waals surface area (Å²) in [6.07, 6.45) is 6.23. The van der Waals surface area contributed by atoms with Crippen LogP contribution in [0.2, 0.25) is 0 Å². The Morgan fingerprint density at radius 1 is 1.23 bits per heavy atom. The van der Waals surface area contributed by atoms with Gasteiger partial charge in [-0.1, -0.05) is 5.21 Å². The Kier molecular flexibility index (Phi) is 6.35. The molecule has 0 aromatic carbocycles. The normalized spacial score (nSPS) is 18.0. The summed E-state index contributed by atoms with van der Waals surface area (Å²) >= 11 is 0. The third-order valence-electron chi connectivity index (χ3n) is 5.56. The molecule has 2 aliphatic heterocycles. The topological polar surface area (TPSA) is 104 Å². The third-order valence-corrected chi connectivity index (χ3v) is 5.56. The third kappa shape index (κ3) is 4.66. The summed E-state index contributed by atoms with van der Waals surface area (Å²) in [6, 6.07) is 0. The second-order valence-electron chi connectivity index (χ2n) is 8.00. The van der Waals surface area contributed by atoms with Crippen LogP contribution in [0.4, 0.5) is 0 Å². The molecule has 0 N–H and O–H groups in total. The van der Waals surface area contributed by atoms with Crippen molar-refractivity contribution in [2.45, 2.75) is 58.2 Å². The first-order valence-corrected chi connectivity index (χ1v) is 10.4. The van der Waals surface area contributed by atoms with Crippen LogP contribution in [0.25, 0.3) is 0 Å². The van der Waals surface area contributed by atoms with E-state index in [-0.39, 0.29) is 17.6 Å². The van der Waals surface area contributed by atoms with Gasteiger partial charge in [-0.3, -0.25) is 4.79 Å². The van der Waals surface area contributed by atoms with Crippen LogP contribution in [0.1, 0.15) is 48.4 Å². The molecule has 2 aromatic rings. The van der Waals surface area contributed by atoms with Gasteiger partial charge in [0.25, 0.3) is 5.91 Å². The lowest BCUT2D eigenvalue weighted by Crippen LogP contribution is -2.52. The van der Waals surface area contributed by atoms with Crippen molar-refractivity contribution in [2.24, 2.45) is 0 Å². The summed E-state index contributed by atoms with van der Waals surface area (Å²) in [5.41, 5.74) is 1.98. The summed E-state index contributed by atoms with van der Waals surface area (Å²) in [6.45, 7) is 7.83. The molecule has 1 spiro atoms. The van der Waals surface area contributed by atoms with Crippen LogP contribution >= 0.6 is 0 Å². The van der Waals surface area contributed by atoms with Crippen LogP contribution in [-0.4, -0.2) is 73.8 Å². The number of nitrogens with zero attached hydrogens (tertiary/aromatic N) is 6. The molecule has 0 unspecified atom stereocenters. The molecule has 1 saturated heterocycles. The molecule has 2 aliphatic rings. The van der Waals surface area contributed by atoms with Gasteiger partial charge in [0.05, 0.1) is 55.9 Å². The van der Waals surface area contributed by atoms with Crippen molar-refractivity contribution in [1.82, 2.24) is 29.9 Å². The number of rotatable bonds is 7. The highest BCUT2D eigenvalue weighted by atomic mass is 16.5. The SMILES string of the molecule is CC(C)OCCOCc1nnn2c1COC1(CCN(C(=O)c3cncnc3)CC1)C2. The number of aromatic nitrogens is 5. The number of likely N-dealkylation sites (tertiary alicyclic amines) is 1. The zero-order valence-electron chi connectivity index (χ0n) is 17.5. The number of amides is 1. The molecule has 1 amide bonds. The second-order valence-corrected chi connectivity index (χ2v) is 8.00. The minimum Gasteiger partial charge on any atom is -0.376 e. The molecule has 4 heterocycles. The Labute approximate surface area is 175 Å². The highest BCUT2D eigenvalue weighted by Gasteiger charge is 2.41. The van der Waals surface area contributed by atoms with Crippen LogP contribution in [0, 0.1) is 0 Å². The molecule has 30 heavy (non-hydrogen) atoms. The van der Waals surface area contributed by atoms with Crippen molar-refractivity contribution in [3.63, 3.8) is 0 Å². The van der Waals surface area contributed by atoms with Crippen molar-refractivity contribution in [2.75, 3.05) is 26.3 Å². The van der Waals surface area contributed by atoms with E-state index < -0.39 is 0 Å². The largest absolute Gasteiger partial charge is 0.376 e. The molecule has 2 aromatic heterocycles. The van der Waals surface area contributed by atoms with Crippen LogP contribution in [0.15, 0.2) is 18.7 Å². The van der Waals surface area contributed by atoms with E-state index in [1.165, 1.54) is 6.33 Å². The molecule has 0 atom stereocenters. The van der Waals surface area contributed by atoms with Gasteiger partial charge in [0.15, 0.2) is 0 Å². The molecule has 10 nitrogen and oxygen atoms in total. The maximum Gasteiger partial charge on any atom is 0.256 e. The minimum absolute atomic E-state index is 0.0383. The Morgan fingerprint density at radius 2 is 2.00 bits per heavy atom. The van der Waals surface area contributed by atoms with E-state index in [9.17, 15) is 4.79 Å². The first-order valence-electron chi connectivity index (χ1n) is 10.4. The maximum absolute atomic E-state index is 12.6. The molecular formula is C20H28N6O4. The van der Waals surface area contributed by atoms with E-state index in [2.05, 4.69) is 20.3 Å². The lowest BCUT2D eigenvalue weighted by atomic mass is 9.89. The van der Waals surface area contributed by atoms with Gasteiger partial charge in [0.2, 0.25) is 0 Å². The monoisotopic (exact) mass is 416 g/mol. The second kappa shape index (κ2) is 9.15. The Balaban J connectivity index is 1.30. The molecule has 162 valence electrons. The zero-order chi connectivity index (χ0) is 21.0. The average molecular weight is 416 g/mol. The van der Waals surface area contributed by atoms with Crippen molar-refractivity contribution < 1.29 is 19.0 Å². The zero-order valence-corrected chi connectivity index (χ0v) is 17.5. The van der Waals surface area contributed by atoms with E-state index in [0.29, 0.717) is 51.6 Å². The quantitative estimate of drug-likeness (QED) is 0.621. The van der Waals surface area contributed by atoms with E-state index in [4.69, 9.17) is 14.2 Å². The van der Waals surface area contributed by atoms with Gasteiger partial charge in [0, 0.05) is 25.5 Å². The van der Waals surface area contributed by atoms with Crippen LogP contribution in [0.5, 0.6) is 0 Å². The van der Waals surface area contributed by atoms with Gasteiger partial charge in [-0.25, -0.2) is 14.6 Å². The fourth-order valence-electron chi connectivity index (χ4n) is 3.83. The highest BCUT2D eigenvalue weighted by molar-refractivity contribution is 5.93. The first kappa shape index (κ1) is 20.8. The Hall–Kier alpha value is -2.43. The number of piperidine rings is 1. The molecule has 0 bridgehead atoms. The number of hydrogen-bond donors (Lipinski definition) is 0. The lowest BCUT2D eigenvalue weighted by molar-refractivity contribution is -0.120. The van der Waals surface area contributed by atoms with E-state index in [0.717, 1.165) is 24.2 Å². The van der Waals surface area contributed by atoms with E-state index in [1.54, 1.807) is 12.4 Å². The van der Waals surface area contributed by atoms with Gasteiger partial charge >= 0.3 is 0 Å². The number of carbonyl (C=O) groups excluding carboxylic acids is 1. The van der Waals surface area contributed by atoms with E-state index in [1.807, 2.05) is 23.4 Å². The van der Waals surface area contributed by atoms with Crippen molar-refractivity contribution >= 4 is 5.91 Å². The summed E-state index contributed by atoms with van der Waals surface area (Å²) in [4.78, 5) is 22.3. The first-order chi connectivity index (χ1) is 14.6. The van der Waals surface area contributed by atoms with Gasteiger partial charge in [-0.15, -0.1) is 5.10 Å². The molecule has 0 saturated carbocycles. The van der Waals surface area contributed by atoms with Crippen LogP contribution in [0.3, 0.4) is 0 Å². The molecule has 0 aliphatic carbocycles. The standard InChI is InChI=1S/C20H28N6O4/c1-15(2)29-8-7-28-11-17-18-12-30-20(13-26(18)24-23-17)3-5-25(6-4-20)19(27)16-9-21-14-22-10-16/h9-10,14-15H,3-8,11-13H2,1-2H3. The van der Waals surface area contributed by atoms with Gasteiger partial charge in [0.1, 0.15) is 12.0 Å². The van der Waals surface area contributed by atoms with Crippen molar-refractivity contribution in [1.29, 1.82) is 0 Å². The van der Waals surface area contributed by atoms with E-state index >= 15 is 0 Å². The fraction of sp³-hybridized carbons (Fsp3) is 0.650. The number of fused-ring (bicyclic) bond motifs is 1. The van der Waals surface area contributed by atoms with Crippen LogP contribution < -0.4 is 0 Å². The fourth-order valence-corrected chi connectivity index (χ4v) is 3.83. The Bertz CT molecular complexity index is 848. The number of carbonyl (C=O) groups is 1. The van der Waals surface area contributed by atoms with Gasteiger partial charge < -0.3 is 19.1 Å². The molecule has 1 fully saturated rings. The van der Waals surface area contributed by atoms with Crippen molar-refractivity contribution in [3.8, 4) is 0 Å². The maximum atomic E-state index is 12.6. The molecule has 4 rings (SSSR count). The van der Waals surface area contributed by atoms with Gasteiger partial charge in [-0.05, 0) is 26.7 Å².